The van der Waals surface area contributed by atoms with E-state index in [0.29, 0.717) is 5.92 Å². The zero-order valence-corrected chi connectivity index (χ0v) is 15.0. The van der Waals surface area contributed by atoms with Crippen molar-refractivity contribution in [1.29, 1.82) is 0 Å². The van der Waals surface area contributed by atoms with Crippen LogP contribution in [-0.2, 0) is 17.7 Å². The highest BCUT2D eigenvalue weighted by molar-refractivity contribution is 5.68. The van der Waals surface area contributed by atoms with Gasteiger partial charge in [0.2, 0.25) is 0 Å². The van der Waals surface area contributed by atoms with Crippen LogP contribution in [0.4, 0.5) is 4.79 Å². The number of carbonyl (C=O) groups is 1. The van der Waals surface area contributed by atoms with Crippen LogP contribution >= 0.6 is 0 Å². The molecule has 1 fully saturated rings. The van der Waals surface area contributed by atoms with Crippen molar-refractivity contribution in [1.82, 2.24) is 20.2 Å². The molecule has 1 unspecified atom stereocenters. The molecule has 2 aliphatic heterocycles. The molecular weight excluding hydrogens is 304 g/mol. The van der Waals surface area contributed by atoms with Gasteiger partial charge in [-0.3, -0.25) is 9.97 Å². The first-order valence-corrected chi connectivity index (χ1v) is 8.96. The number of nitrogens with zero attached hydrogens (tertiary/aromatic N) is 3. The Morgan fingerprint density at radius 3 is 2.92 bits per heavy atom. The van der Waals surface area contributed by atoms with E-state index >= 15 is 0 Å². The minimum absolute atomic E-state index is 0.205. The first-order valence-electron chi connectivity index (χ1n) is 8.96. The van der Waals surface area contributed by atoms with Gasteiger partial charge in [0.05, 0.1) is 17.1 Å². The van der Waals surface area contributed by atoms with E-state index in [-0.39, 0.29) is 6.09 Å². The monoisotopic (exact) mass is 332 g/mol. The fraction of sp³-hybridized carbons (Fsp3) is 0.722. The third-order valence-corrected chi connectivity index (χ3v) is 4.58. The summed E-state index contributed by atoms with van der Waals surface area (Å²) >= 11 is 0. The first kappa shape index (κ1) is 17.1. The van der Waals surface area contributed by atoms with Gasteiger partial charge in [0, 0.05) is 44.7 Å². The van der Waals surface area contributed by atoms with Crippen LogP contribution in [0, 0.1) is 0 Å². The lowest BCUT2D eigenvalue weighted by Gasteiger charge is -2.26. The molecule has 132 valence electrons. The van der Waals surface area contributed by atoms with Gasteiger partial charge in [0.15, 0.2) is 0 Å². The predicted molar refractivity (Wildman–Crippen MR) is 91.8 cm³/mol. The molecular formula is C18H28N4O2. The Bertz CT molecular complexity index is 597. The molecule has 2 aliphatic rings. The minimum atomic E-state index is -0.445. The second-order valence-electron chi connectivity index (χ2n) is 7.71. The number of aromatic nitrogens is 2. The van der Waals surface area contributed by atoms with Gasteiger partial charge in [-0.05, 0) is 40.0 Å². The van der Waals surface area contributed by atoms with E-state index in [9.17, 15) is 4.79 Å². The van der Waals surface area contributed by atoms with Crippen molar-refractivity contribution in [2.75, 3.05) is 19.6 Å². The summed E-state index contributed by atoms with van der Waals surface area (Å²) in [4.78, 5) is 23.6. The lowest BCUT2D eigenvalue weighted by atomic mass is 9.97. The zero-order chi connectivity index (χ0) is 17.2. The average molecular weight is 332 g/mol. The summed E-state index contributed by atoms with van der Waals surface area (Å²) in [5.41, 5.74) is 2.84. The Hall–Kier alpha value is -1.69. The molecule has 1 aromatic rings. The van der Waals surface area contributed by atoms with Crippen LogP contribution in [0.15, 0.2) is 6.20 Å². The van der Waals surface area contributed by atoms with Crippen molar-refractivity contribution >= 4 is 6.09 Å². The van der Waals surface area contributed by atoms with Gasteiger partial charge in [-0.25, -0.2) is 4.79 Å². The van der Waals surface area contributed by atoms with E-state index in [1.807, 2.05) is 31.9 Å². The Kier molecular flexibility index (Phi) is 5.04. The van der Waals surface area contributed by atoms with Crippen molar-refractivity contribution in [2.45, 2.75) is 64.5 Å². The molecule has 0 saturated carbocycles. The number of rotatable bonds is 1. The van der Waals surface area contributed by atoms with E-state index < -0.39 is 5.60 Å². The fourth-order valence-corrected chi connectivity index (χ4v) is 3.33. The molecule has 1 saturated heterocycles. The molecule has 0 aromatic carbocycles. The van der Waals surface area contributed by atoms with Gasteiger partial charge >= 0.3 is 6.09 Å². The number of likely N-dealkylation sites (tertiary alicyclic amines) is 1. The Morgan fingerprint density at radius 2 is 2.12 bits per heavy atom. The molecule has 24 heavy (non-hydrogen) atoms. The highest BCUT2D eigenvalue weighted by Crippen LogP contribution is 2.28. The van der Waals surface area contributed by atoms with Crippen molar-refractivity contribution in [3.8, 4) is 0 Å². The van der Waals surface area contributed by atoms with E-state index in [0.717, 1.165) is 68.9 Å². The van der Waals surface area contributed by atoms with Crippen LogP contribution in [0.3, 0.4) is 0 Å². The molecule has 1 amide bonds. The maximum Gasteiger partial charge on any atom is 0.410 e. The van der Waals surface area contributed by atoms with Gasteiger partial charge < -0.3 is 15.0 Å². The van der Waals surface area contributed by atoms with Gasteiger partial charge in [-0.1, -0.05) is 0 Å². The SMILES string of the molecule is CC(C)(C)OC(=O)N1CCCC(c2cnc3c(n2)CNCC3)CC1. The maximum absolute atomic E-state index is 12.3. The fourth-order valence-electron chi connectivity index (χ4n) is 3.33. The summed E-state index contributed by atoms with van der Waals surface area (Å²) in [6.07, 6.45) is 5.63. The van der Waals surface area contributed by atoms with Crippen LogP contribution < -0.4 is 5.32 Å². The molecule has 1 N–H and O–H groups in total. The second-order valence-corrected chi connectivity index (χ2v) is 7.71. The molecule has 3 heterocycles. The van der Waals surface area contributed by atoms with Crippen molar-refractivity contribution in [2.24, 2.45) is 0 Å². The molecule has 1 atom stereocenters. The summed E-state index contributed by atoms with van der Waals surface area (Å²) in [6.45, 7) is 8.98. The molecule has 0 radical (unpaired) electrons. The summed E-state index contributed by atoms with van der Waals surface area (Å²) in [7, 11) is 0. The third kappa shape index (κ3) is 4.23. The highest BCUT2D eigenvalue weighted by atomic mass is 16.6. The lowest BCUT2D eigenvalue weighted by Crippen LogP contribution is -2.37. The van der Waals surface area contributed by atoms with Gasteiger partial charge in [-0.2, -0.15) is 0 Å². The van der Waals surface area contributed by atoms with Gasteiger partial charge in [0.1, 0.15) is 5.60 Å². The standard InChI is InChI=1S/C18H28N4O2/c1-18(2,3)24-17(23)22-9-4-5-13(7-10-22)15-12-20-14-6-8-19-11-16(14)21-15/h12-13,19H,4-11H2,1-3H3. The number of fused-ring (bicyclic) bond motifs is 1. The maximum atomic E-state index is 12.3. The molecule has 0 aliphatic carbocycles. The van der Waals surface area contributed by atoms with Gasteiger partial charge in [-0.15, -0.1) is 0 Å². The predicted octanol–water partition coefficient (Wildman–Crippen LogP) is 2.63. The quantitative estimate of drug-likeness (QED) is 0.856. The van der Waals surface area contributed by atoms with Crippen molar-refractivity contribution in [3.05, 3.63) is 23.3 Å². The summed E-state index contributed by atoms with van der Waals surface area (Å²) in [5.74, 6) is 0.372. The van der Waals surface area contributed by atoms with Crippen molar-refractivity contribution < 1.29 is 9.53 Å². The summed E-state index contributed by atoms with van der Waals surface area (Å²) < 4.78 is 5.50. The highest BCUT2D eigenvalue weighted by Gasteiger charge is 2.26. The molecule has 6 nitrogen and oxygen atoms in total. The zero-order valence-electron chi connectivity index (χ0n) is 15.0. The topological polar surface area (TPSA) is 67.3 Å². The minimum Gasteiger partial charge on any atom is -0.444 e. The second kappa shape index (κ2) is 7.05. The Morgan fingerprint density at radius 1 is 1.29 bits per heavy atom. The average Bonchev–Trinajstić information content (AvgIpc) is 2.79. The molecule has 6 heteroatoms. The summed E-state index contributed by atoms with van der Waals surface area (Å²) in [6, 6.07) is 0. The van der Waals surface area contributed by atoms with Crippen LogP contribution in [0.25, 0.3) is 0 Å². The number of carbonyl (C=O) groups excluding carboxylic acids is 1. The smallest absolute Gasteiger partial charge is 0.410 e. The van der Waals surface area contributed by atoms with E-state index in [1.165, 1.54) is 0 Å². The molecule has 3 rings (SSSR count). The number of hydrogen-bond donors (Lipinski definition) is 1. The van der Waals surface area contributed by atoms with Crippen LogP contribution in [-0.4, -0.2) is 46.2 Å². The van der Waals surface area contributed by atoms with E-state index in [1.54, 1.807) is 0 Å². The first-order chi connectivity index (χ1) is 11.4. The third-order valence-electron chi connectivity index (χ3n) is 4.58. The normalized spacial score (nSPS) is 21.8. The number of amides is 1. The van der Waals surface area contributed by atoms with E-state index in [2.05, 4.69) is 10.3 Å². The van der Waals surface area contributed by atoms with Crippen LogP contribution in [0.1, 0.15) is 63.0 Å². The number of hydrogen-bond acceptors (Lipinski definition) is 5. The lowest BCUT2D eigenvalue weighted by molar-refractivity contribution is 0.0256. The molecule has 0 bridgehead atoms. The van der Waals surface area contributed by atoms with Gasteiger partial charge in [0.25, 0.3) is 0 Å². The number of ether oxygens (including phenoxy) is 1. The Balaban J connectivity index is 1.64. The van der Waals surface area contributed by atoms with Crippen molar-refractivity contribution in [3.63, 3.8) is 0 Å². The Labute approximate surface area is 144 Å². The summed E-state index contributed by atoms with van der Waals surface area (Å²) in [5, 5.41) is 3.36. The molecule has 1 aromatic heterocycles. The molecule has 0 spiro atoms. The van der Waals surface area contributed by atoms with Crippen LogP contribution in [0.5, 0.6) is 0 Å². The van der Waals surface area contributed by atoms with Crippen LogP contribution in [0.2, 0.25) is 0 Å². The number of nitrogens with one attached hydrogen (secondary N) is 1. The van der Waals surface area contributed by atoms with E-state index in [4.69, 9.17) is 9.72 Å². The largest absolute Gasteiger partial charge is 0.444 e.